The van der Waals surface area contributed by atoms with Crippen LogP contribution >= 0.6 is 12.6 Å². The highest BCUT2D eigenvalue weighted by Gasteiger charge is 2.18. The largest absolute Gasteiger partial charge is 0.374 e. The summed E-state index contributed by atoms with van der Waals surface area (Å²) < 4.78 is 0. The zero-order valence-electron chi connectivity index (χ0n) is 5.85. The van der Waals surface area contributed by atoms with E-state index >= 15 is 0 Å². The smallest absolute Gasteiger partial charge is 0.282 e. The van der Waals surface area contributed by atoms with E-state index in [0.29, 0.717) is 0 Å². The highest BCUT2D eigenvalue weighted by Crippen LogP contribution is 2.04. The number of amides is 1. The van der Waals surface area contributed by atoms with Gasteiger partial charge in [-0.25, -0.2) is 0 Å². The highest BCUT2D eigenvalue weighted by atomic mass is 32.1. The van der Waals surface area contributed by atoms with E-state index < -0.39 is 17.7 Å². The van der Waals surface area contributed by atoms with Gasteiger partial charge in [0.2, 0.25) is 0 Å². The molecule has 2 unspecified atom stereocenters. The Morgan fingerprint density at radius 2 is 1.70 bits per heavy atom. The Balaban J connectivity index is 4.12. The van der Waals surface area contributed by atoms with Crippen molar-refractivity contribution in [3.8, 4) is 0 Å². The first-order valence-corrected chi connectivity index (χ1v) is 3.29. The van der Waals surface area contributed by atoms with Crippen molar-refractivity contribution in [1.29, 1.82) is 0 Å². The van der Waals surface area contributed by atoms with E-state index in [9.17, 15) is 4.79 Å². The Hall–Kier alpha value is -0.260. The molecule has 0 rings (SSSR count). The standard InChI is InChI=1S/C5H11NO3S/c1-3(7)6(4(2)8)5(9)10/h3-4,7-8H,1-2H3,(H,9,10). The van der Waals surface area contributed by atoms with E-state index in [1.165, 1.54) is 13.8 Å². The summed E-state index contributed by atoms with van der Waals surface area (Å²) in [5.74, 6) is 0. The quantitative estimate of drug-likeness (QED) is 0.399. The van der Waals surface area contributed by atoms with Crippen molar-refractivity contribution in [1.82, 2.24) is 4.90 Å². The summed E-state index contributed by atoms with van der Waals surface area (Å²) in [5, 5.41) is 17.1. The molecule has 0 fully saturated rings. The minimum atomic E-state index is -1.01. The van der Waals surface area contributed by atoms with Gasteiger partial charge in [0.25, 0.3) is 5.24 Å². The molecule has 4 nitrogen and oxygen atoms in total. The number of nitrogens with zero attached hydrogens (tertiary/aromatic N) is 1. The van der Waals surface area contributed by atoms with Gasteiger partial charge in [-0.05, 0) is 13.8 Å². The Labute approximate surface area is 64.9 Å². The number of thiol groups is 1. The second-order valence-electron chi connectivity index (χ2n) is 1.95. The van der Waals surface area contributed by atoms with E-state index in [-0.39, 0.29) is 0 Å². The summed E-state index contributed by atoms with van der Waals surface area (Å²) >= 11 is 3.44. The van der Waals surface area contributed by atoms with Crippen molar-refractivity contribution in [3.05, 3.63) is 0 Å². The van der Waals surface area contributed by atoms with Gasteiger partial charge in [-0.15, -0.1) is 0 Å². The highest BCUT2D eigenvalue weighted by molar-refractivity contribution is 7.96. The lowest BCUT2D eigenvalue weighted by molar-refractivity contribution is -0.0441. The van der Waals surface area contributed by atoms with Crippen LogP contribution in [0.4, 0.5) is 4.79 Å². The second kappa shape index (κ2) is 3.80. The predicted octanol–water partition coefficient (Wildman–Crippen LogP) is 0.0148. The van der Waals surface area contributed by atoms with Gasteiger partial charge in [0, 0.05) is 0 Å². The van der Waals surface area contributed by atoms with Gasteiger partial charge in [0.05, 0.1) is 0 Å². The summed E-state index contributed by atoms with van der Waals surface area (Å²) in [6.45, 7) is 2.75. The van der Waals surface area contributed by atoms with Crippen LogP contribution in [-0.2, 0) is 0 Å². The third-order valence-corrected chi connectivity index (χ3v) is 1.26. The number of carbonyl (C=O) groups is 1. The molecule has 60 valence electrons. The molecule has 0 heterocycles. The first-order chi connectivity index (χ1) is 4.46. The average molecular weight is 165 g/mol. The maximum atomic E-state index is 10.5. The van der Waals surface area contributed by atoms with Crippen LogP contribution in [0.1, 0.15) is 13.8 Å². The first kappa shape index (κ1) is 9.74. The molecule has 0 saturated heterocycles. The summed E-state index contributed by atoms with van der Waals surface area (Å²) in [5.41, 5.74) is 0. The lowest BCUT2D eigenvalue weighted by Gasteiger charge is -2.25. The molecule has 0 spiro atoms. The van der Waals surface area contributed by atoms with Crippen molar-refractivity contribution >= 4 is 17.9 Å². The fourth-order valence-electron chi connectivity index (χ4n) is 0.632. The van der Waals surface area contributed by atoms with E-state index in [4.69, 9.17) is 10.2 Å². The number of aliphatic hydroxyl groups is 2. The fraction of sp³-hybridized carbons (Fsp3) is 0.800. The van der Waals surface area contributed by atoms with Gasteiger partial charge in [0.1, 0.15) is 12.5 Å². The molecular weight excluding hydrogens is 154 g/mol. The van der Waals surface area contributed by atoms with Crippen LogP contribution < -0.4 is 0 Å². The Morgan fingerprint density at radius 3 is 1.70 bits per heavy atom. The fourth-order valence-corrected chi connectivity index (χ4v) is 0.966. The molecule has 0 aromatic carbocycles. The van der Waals surface area contributed by atoms with Crippen LogP contribution in [0.2, 0.25) is 0 Å². The van der Waals surface area contributed by atoms with Crippen LogP contribution in [-0.4, -0.2) is 32.8 Å². The Bertz CT molecular complexity index is 118. The maximum absolute atomic E-state index is 10.5. The van der Waals surface area contributed by atoms with Crippen molar-refractivity contribution < 1.29 is 15.0 Å². The Kier molecular flexibility index (Phi) is 3.70. The molecule has 2 atom stereocenters. The molecule has 0 saturated carbocycles. The number of aliphatic hydroxyl groups excluding tert-OH is 2. The third-order valence-electron chi connectivity index (χ3n) is 1.03. The molecular formula is C5H11NO3S. The molecule has 5 heteroatoms. The minimum absolute atomic E-state index is 0.648. The van der Waals surface area contributed by atoms with Gasteiger partial charge in [-0.2, -0.15) is 0 Å². The van der Waals surface area contributed by atoms with Gasteiger partial charge < -0.3 is 10.2 Å². The van der Waals surface area contributed by atoms with Gasteiger partial charge in [-0.3, -0.25) is 9.69 Å². The van der Waals surface area contributed by atoms with Crippen LogP contribution in [0, 0.1) is 0 Å². The van der Waals surface area contributed by atoms with Crippen LogP contribution in [0.3, 0.4) is 0 Å². The molecule has 0 radical (unpaired) electrons. The third kappa shape index (κ3) is 2.55. The molecule has 0 bridgehead atoms. The first-order valence-electron chi connectivity index (χ1n) is 2.84. The second-order valence-corrected chi connectivity index (χ2v) is 2.34. The molecule has 0 aliphatic carbocycles. The van der Waals surface area contributed by atoms with Crippen molar-refractivity contribution in [2.24, 2.45) is 0 Å². The average Bonchev–Trinajstić information content (AvgIpc) is 1.59. The SMILES string of the molecule is CC(O)N(C(=O)S)C(C)O. The lowest BCUT2D eigenvalue weighted by atomic mass is 10.5. The summed E-state index contributed by atoms with van der Waals surface area (Å²) in [6, 6.07) is 0. The van der Waals surface area contributed by atoms with Gasteiger partial charge >= 0.3 is 0 Å². The van der Waals surface area contributed by atoms with Gasteiger partial charge in [0.15, 0.2) is 0 Å². The van der Waals surface area contributed by atoms with E-state index in [2.05, 4.69) is 12.6 Å². The topological polar surface area (TPSA) is 60.8 Å². The molecule has 0 aliphatic rings. The molecule has 1 amide bonds. The summed E-state index contributed by atoms with van der Waals surface area (Å²) in [4.78, 5) is 11.3. The molecule has 0 aromatic heterocycles. The molecule has 0 aromatic rings. The number of carbonyl (C=O) groups excluding carboxylic acids is 1. The molecule has 2 N–H and O–H groups in total. The number of hydrogen-bond acceptors (Lipinski definition) is 3. The van der Waals surface area contributed by atoms with Crippen molar-refractivity contribution in [2.45, 2.75) is 26.3 Å². The summed E-state index contributed by atoms with van der Waals surface area (Å²) in [6.07, 6.45) is -2.02. The number of rotatable bonds is 2. The van der Waals surface area contributed by atoms with Crippen LogP contribution in [0.25, 0.3) is 0 Å². The van der Waals surface area contributed by atoms with Crippen LogP contribution in [0.15, 0.2) is 0 Å². The van der Waals surface area contributed by atoms with Gasteiger partial charge in [-0.1, -0.05) is 12.6 Å². The van der Waals surface area contributed by atoms with Crippen LogP contribution in [0.5, 0.6) is 0 Å². The Morgan fingerprint density at radius 1 is 1.40 bits per heavy atom. The monoisotopic (exact) mass is 165 g/mol. The number of hydrogen-bond donors (Lipinski definition) is 3. The molecule has 10 heavy (non-hydrogen) atoms. The summed E-state index contributed by atoms with van der Waals surface area (Å²) in [7, 11) is 0. The van der Waals surface area contributed by atoms with E-state index in [0.717, 1.165) is 4.90 Å². The zero-order chi connectivity index (χ0) is 8.31. The lowest BCUT2D eigenvalue weighted by Crippen LogP contribution is -2.41. The van der Waals surface area contributed by atoms with Crippen molar-refractivity contribution in [3.63, 3.8) is 0 Å². The maximum Gasteiger partial charge on any atom is 0.282 e. The predicted molar refractivity (Wildman–Crippen MR) is 39.6 cm³/mol. The zero-order valence-corrected chi connectivity index (χ0v) is 6.75. The minimum Gasteiger partial charge on any atom is -0.374 e. The van der Waals surface area contributed by atoms with E-state index in [1.807, 2.05) is 0 Å². The van der Waals surface area contributed by atoms with E-state index in [1.54, 1.807) is 0 Å². The van der Waals surface area contributed by atoms with Crippen molar-refractivity contribution in [2.75, 3.05) is 0 Å². The molecule has 0 aliphatic heterocycles. The normalized spacial score (nSPS) is 16.1.